The highest BCUT2D eigenvalue weighted by Gasteiger charge is 2.07. The number of rotatable bonds is 4. The normalized spacial score (nSPS) is 9.90. The number of halogens is 1. The van der Waals surface area contributed by atoms with Gasteiger partial charge in [-0.25, -0.2) is 4.79 Å². The van der Waals surface area contributed by atoms with E-state index in [4.69, 9.17) is 4.74 Å². The van der Waals surface area contributed by atoms with Crippen LogP contribution in [0.2, 0.25) is 0 Å². The fourth-order valence-electron chi connectivity index (χ4n) is 1.67. The van der Waals surface area contributed by atoms with Crippen molar-refractivity contribution in [2.45, 2.75) is 6.92 Å². The van der Waals surface area contributed by atoms with Crippen LogP contribution in [0, 0.1) is 3.57 Å². The summed E-state index contributed by atoms with van der Waals surface area (Å²) in [6.07, 6.45) is 0. The Morgan fingerprint density at radius 3 is 2.50 bits per heavy atom. The van der Waals surface area contributed by atoms with Gasteiger partial charge in [0.15, 0.2) is 0 Å². The van der Waals surface area contributed by atoms with Gasteiger partial charge in [-0.1, -0.05) is 12.1 Å². The van der Waals surface area contributed by atoms with E-state index < -0.39 is 0 Å². The molecule has 0 aliphatic carbocycles. The van der Waals surface area contributed by atoms with E-state index in [1.807, 2.05) is 49.4 Å². The number of carbonyl (C=O) groups excluding carboxylic acids is 1. The fraction of sp³-hybridized carbons (Fsp3) is 0.133. The van der Waals surface area contributed by atoms with Crippen LogP contribution in [0.4, 0.5) is 16.2 Å². The van der Waals surface area contributed by atoms with E-state index >= 15 is 0 Å². The van der Waals surface area contributed by atoms with Crippen molar-refractivity contribution in [2.24, 2.45) is 0 Å². The molecular weight excluding hydrogens is 367 g/mol. The molecule has 0 bridgehead atoms. The molecule has 104 valence electrons. The Morgan fingerprint density at radius 2 is 1.80 bits per heavy atom. The van der Waals surface area contributed by atoms with Crippen LogP contribution in [-0.2, 0) is 0 Å². The van der Waals surface area contributed by atoms with E-state index in [2.05, 4.69) is 33.2 Å². The smallest absolute Gasteiger partial charge is 0.323 e. The Morgan fingerprint density at radius 1 is 1.10 bits per heavy atom. The second-order valence-electron chi connectivity index (χ2n) is 4.02. The molecule has 0 saturated heterocycles. The molecule has 0 atom stereocenters. The van der Waals surface area contributed by atoms with Gasteiger partial charge in [0.1, 0.15) is 5.75 Å². The van der Waals surface area contributed by atoms with Crippen molar-refractivity contribution in [3.05, 3.63) is 52.1 Å². The van der Waals surface area contributed by atoms with Crippen molar-refractivity contribution in [3.63, 3.8) is 0 Å². The van der Waals surface area contributed by atoms with Crippen LogP contribution in [-0.4, -0.2) is 12.6 Å². The second-order valence-corrected chi connectivity index (χ2v) is 5.26. The zero-order valence-corrected chi connectivity index (χ0v) is 13.2. The first-order valence-corrected chi connectivity index (χ1v) is 7.32. The van der Waals surface area contributed by atoms with Gasteiger partial charge in [0.2, 0.25) is 0 Å². The van der Waals surface area contributed by atoms with Crippen molar-refractivity contribution < 1.29 is 9.53 Å². The van der Waals surface area contributed by atoms with E-state index in [0.717, 1.165) is 9.26 Å². The van der Waals surface area contributed by atoms with Crippen LogP contribution < -0.4 is 15.4 Å². The Bertz CT molecular complexity index is 585. The summed E-state index contributed by atoms with van der Waals surface area (Å²) in [5, 5.41) is 5.56. The lowest BCUT2D eigenvalue weighted by molar-refractivity contribution is 0.262. The average molecular weight is 382 g/mol. The summed E-state index contributed by atoms with van der Waals surface area (Å²) in [7, 11) is 0. The van der Waals surface area contributed by atoms with E-state index in [0.29, 0.717) is 18.0 Å². The van der Waals surface area contributed by atoms with Gasteiger partial charge in [0.25, 0.3) is 0 Å². The van der Waals surface area contributed by atoms with Crippen molar-refractivity contribution in [1.29, 1.82) is 0 Å². The van der Waals surface area contributed by atoms with Gasteiger partial charge in [0, 0.05) is 9.26 Å². The number of hydrogen-bond acceptors (Lipinski definition) is 2. The summed E-state index contributed by atoms with van der Waals surface area (Å²) < 4.78 is 6.58. The van der Waals surface area contributed by atoms with Gasteiger partial charge in [-0.3, -0.25) is 0 Å². The quantitative estimate of drug-likeness (QED) is 0.774. The molecule has 0 aliphatic rings. The molecule has 0 saturated carbocycles. The first kappa shape index (κ1) is 14.6. The lowest BCUT2D eigenvalue weighted by Crippen LogP contribution is -2.19. The lowest BCUT2D eigenvalue weighted by atomic mass is 10.3. The molecule has 4 nitrogen and oxygen atoms in total. The van der Waals surface area contributed by atoms with Gasteiger partial charge in [-0.05, 0) is 65.9 Å². The van der Waals surface area contributed by atoms with E-state index in [1.165, 1.54) is 0 Å². The highest BCUT2D eigenvalue weighted by Crippen LogP contribution is 2.23. The molecule has 0 aromatic heterocycles. The molecule has 0 fully saturated rings. The number of ether oxygens (including phenoxy) is 1. The summed E-state index contributed by atoms with van der Waals surface area (Å²) in [4.78, 5) is 11.9. The second kappa shape index (κ2) is 7.14. The van der Waals surface area contributed by atoms with Crippen molar-refractivity contribution >= 4 is 40.0 Å². The summed E-state index contributed by atoms with van der Waals surface area (Å²) in [6.45, 7) is 2.46. The lowest BCUT2D eigenvalue weighted by Gasteiger charge is -2.12. The molecule has 0 radical (unpaired) electrons. The van der Waals surface area contributed by atoms with Crippen LogP contribution in [0.5, 0.6) is 5.75 Å². The number of para-hydroxylation sites is 2. The minimum atomic E-state index is -0.293. The number of carbonyl (C=O) groups is 1. The average Bonchev–Trinajstić information content (AvgIpc) is 2.44. The maximum absolute atomic E-state index is 11.9. The summed E-state index contributed by atoms with van der Waals surface area (Å²) in [5.41, 5.74) is 1.40. The third kappa shape index (κ3) is 4.12. The first-order valence-electron chi connectivity index (χ1n) is 6.24. The first-order chi connectivity index (χ1) is 9.69. The Labute approximate surface area is 131 Å². The maximum Gasteiger partial charge on any atom is 0.323 e. The summed E-state index contributed by atoms with van der Waals surface area (Å²) in [6, 6.07) is 14.6. The summed E-state index contributed by atoms with van der Waals surface area (Å²) >= 11 is 2.22. The number of anilines is 2. The predicted molar refractivity (Wildman–Crippen MR) is 89.4 cm³/mol. The number of hydrogen-bond donors (Lipinski definition) is 2. The number of urea groups is 1. The molecule has 2 N–H and O–H groups in total. The van der Waals surface area contributed by atoms with E-state index in [1.54, 1.807) is 6.07 Å². The Kier molecular flexibility index (Phi) is 5.23. The molecular formula is C15H15IN2O2. The van der Waals surface area contributed by atoms with Gasteiger partial charge < -0.3 is 15.4 Å². The van der Waals surface area contributed by atoms with Crippen molar-refractivity contribution in [3.8, 4) is 5.75 Å². The Hall–Kier alpha value is -1.76. The van der Waals surface area contributed by atoms with Crippen LogP contribution in [0.1, 0.15) is 6.92 Å². The van der Waals surface area contributed by atoms with Crippen LogP contribution >= 0.6 is 22.6 Å². The third-order valence-electron chi connectivity index (χ3n) is 2.54. The molecule has 2 aromatic carbocycles. The van der Waals surface area contributed by atoms with Crippen LogP contribution in [0.15, 0.2) is 48.5 Å². The predicted octanol–water partition coefficient (Wildman–Crippen LogP) is 4.33. The van der Waals surface area contributed by atoms with Gasteiger partial charge in [0.05, 0.1) is 12.3 Å². The molecule has 2 amide bonds. The molecule has 5 heteroatoms. The topological polar surface area (TPSA) is 50.4 Å². The van der Waals surface area contributed by atoms with E-state index in [9.17, 15) is 4.79 Å². The minimum absolute atomic E-state index is 0.293. The van der Waals surface area contributed by atoms with Crippen LogP contribution in [0.3, 0.4) is 0 Å². The largest absolute Gasteiger partial charge is 0.492 e. The molecule has 0 spiro atoms. The van der Waals surface area contributed by atoms with Gasteiger partial charge in [-0.15, -0.1) is 0 Å². The monoisotopic (exact) mass is 382 g/mol. The van der Waals surface area contributed by atoms with Crippen molar-refractivity contribution in [1.82, 2.24) is 0 Å². The molecule has 0 heterocycles. The highest BCUT2D eigenvalue weighted by atomic mass is 127. The molecule has 2 aromatic rings. The standard InChI is InChI=1S/C15H15IN2O2/c1-2-20-14-6-4-3-5-13(14)18-15(19)17-12-9-7-11(16)8-10-12/h3-10H,2H2,1H3,(H2,17,18,19). The Balaban J connectivity index is 2.02. The number of amides is 2. The van der Waals surface area contributed by atoms with E-state index in [-0.39, 0.29) is 6.03 Å². The zero-order valence-electron chi connectivity index (χ0n) is 11.0. The van der Waals surface area contributed by atoms with Gasteiger partial charge in [-0.2, -0.15) is 0 Å². The number of nitrogens with one attached hydrogen (secondary N) is 2. The fourth-order valence-corrected chi connectivity index (χ4v) is 2.03. The molecule has 2 rings (SSSR count). The SMILES string of the molecule is CCOc1ccccc1NC(=O)Nc1ccc(I)cc1. The molecule has 0 aliphatic heterocycles. The summed E-state index contributed by atoms with van der Waals surface area (Å²) in [5.74, 6) is 0.660. The van der Waals surface area contributed by atoms with Crippen LogP contribution in [0.25, 0.3) is 0 Å². The minimum Gasteiger partial charge on any atom is -0.492 e. The highest BCUT2D eigenvalue weighted by molar-refractivity contribution is 14.1. The zero-order chi connectivity index (χ0) is 14.4. The number of benzene rings is 2. The third-order valence-corrected chi connectivity index (χ3v) is 3.26. The molecule has 20 heavy (non-hydrogen) atoms. The maximum atomic E-state index is 11.9. The van der Waals surface area contributed by atoms with Crippen molar-refractivity contribution in [2.75, 3.05) is 17.2 Å². The molecule has 0 unspecified atom stereocenters. The van der Waals surface area contributed by atoms with Gasteiger partial charge >= 0.3 is 6.03 Å².